The van der Waals surface area contributed by atoms with Crippen molar-refractivity contribution in [3.63, 3.8) is 0 Å². The van der Waals surface area contributed by atoms with Gasteiger partial charge in [-0.3, -0.25) is 4.90 Å². The molecule has 1 rings (SSSR count). The molecule has 1 aliphatic rings. The molecular weight excluding hydrogens is 138 g/mol. The highest BCUT2D eigenvalue weighted by Gasteiger charge is 2.23. The lowest BCUT2D eigenvalue weighted by molar-refractivity contribution is 0.135. The van der Waals surface area contributed by atoms with E-state index in [1.165, 1.54) is 0 Å². The Morgan fingerprint density at radius 1 is 1.45 bits per heavy atom. The Bertz CT molecular complexity index is 151. The molecule has 62 valence electrons. The van der Waals surface area contributed by atoms with Crippen molar-refractivity contribution in [1.29, 1.82) is 5.26 Å². The molecule has 0 amide bonds. The highest BCUT2D eigenvalue weighted by Crippen LogP contribution is 2.07. The Morgan fingerprint density at radius 3 is 2.45 bits per heavy atom. The molecule has 3 heteroatoms. The van der Waals surface area contributed by atoms with E-state index in [9.17, 15) is 0 Å². The Kier molecular flexibility index (Phi) is 2.86. The maximum absolute atomic E-state index is 8.54. The van der Waals surface area contributed by atoms with Crippen LogP contribution in [-0.4, -0.2) is 36.6 Å². The predicted octanol–water partition coefficient (Wildman–Crippen LogP) is 0.192. The smallest absolute Gasteiger partial charge is 0.0871 e. The van der Waals surface area contributed by atoms with Gasteiger partial charge in [0, 0.05) is 25.2 Å². The zero-order valence-corrected chi connectivity index (χ0v) is 7.17. The molecule has 0 aromatic rings. The Labute approximate surface area is 68.0 Å². The first-order chi connectivity index (χ1) is 5.25. The normalized spacial score (nSPS) is 33.2. The van der Waals surface area contributed by atoms with E-state index in [1.54, 1.807) is 0 Å². The monoisotopic (exact) mass is 153 g/mol. The van der Waals surface area contributed by atoms with Gasteiger partial charge in [0.05, 0.1) is 12.6 Å². The molecular formula is C8H15N3. The van der Waals surface area contributed by atoms with Crippen LogP contribution >= 0.6 is 0 Å². The maximum Gasteiger partial charge on any atom is 0.0871 e. The third-order valence-corrected chi connectivity index (χ3v) is 2.27. The molecule has 0 spiro atoms. The van der Waals surface area contributed by atoms with Gasteiger partial charge in [-0.2, -0.15) is 5.26 Å². The van der Waals surface area contributed by atoms with E-state index >= 15 is 0 Å². The van der Waals surface area contributed by atoms with E-state index in [2.05, 4.69) is 30.1 Å². The largest absolute Gasteiger partial charge is 0.314 e. The van der Waals surface area contributed by atoms with Crippen molar-refractivity contribution in [2.24, 2.45) is 0 Å². The van der Waals surface area contributed by atoms with Crippen molar-refractivity contribution in [3.8, 4) is 6.07 Å². The van der Waals surface area contributed by atoms with Gasteiger partial charge in [0.15, 0.2) is 0 Å². The number of nitrogens with one attached hydrogen (secondary N) is 1. The molecule has 0 saturated carbocycles. The molecule has 1 fully saturated rings. The van der Waals surface area contributed by atoms with E-state index in [0.29, 0.717) is 18.6 Å². The second-order valence-electron chi connectivity index (χ2n) is 3.19. The standard InChI is InChI=1S/C8H15N3/c1-7-5-10-6-8(2)11(7)4-3-9/h7-8,10H,4-6H2,1-2H3/t7-,8-/m1/s1. The molecule has 0 aliphatic carbocycles. The average Bonchev–Trinajstić information content (AvgIpc) is 1.97. The van der Waals surface area contributed by atoms with Gasteiger partial charge in [-0.1, -0.05) is 0 Å². The minimum atomic E-state index is 0.499. The van der Waals surface area contributed by atoms with Crippen molar-refractivity contribution in [1.82, 2.24) is 10.2 Å². The van der Waals surface area contributed by atoms with E-state index in [1.807, 2.05) is 0 Å². The highest BCUT2D eigenvalue weighted by molar-refractivity contribution is 4.88. The fourth-order valence-electron chi connectivity index (χ4n) is 1.56. The number of hydrogen-bond acceptors (Lipinski definition) is 3. The van der Waals surface area contributed by atoms with E-state index in [0.717, 1.165) is 13.1 Å². The Balaban J connectivity index is 2.49. The fraction of sp³-hybridized carbons (Fsp3) is 0.875. The zero-order chi connectivity index (χ0) is 8.27. The lowest BCUT2D eigenvalue weighted by atomic mass is 10.1. The van der Waals surface area contributed by atoms with Crippen LogP contribution in [0.5, 0.6) is 0 Å². The molecule has 11 heavy (non-hydrogen) atoms. The number of rotatable bonds is 1. The molecule has 1 heterocycles. The molecule has 0 radical (unpaired) electrons. The molecule has 1 aliphatic heterocycles. The van der Waals surface area contributed by atoms with Gasteiger partial charge in [-0.05, 0) is 13.8 Å². The molecule has 2 atom stereocenters. The minimum Gasteiger partial charge on any atom is -0.314 e. The van der Waals surface area contributed by atoms with Gasteiger partial charge in [-0.15, -0.1) is 0 Å². The number of nitriles is 1. The van der Waals surface area contributed by atoms with Crippen LogP contribution in [0.1, 0.15) is 13.8 Å². The quantitative estimate of drug-likeness (QED) is 0.547. The van der Waals surface area contributed by atoms with Crippen LogP contribution in [0.25, 0.3) is 0 Å². The summed E-state index contributed by atoms with van der Waals surface area (Å²) in [5, 5.41) is 11.9. The van der Waals surface area contributed by atoms with Crippen molar-refractivity contribution in [3.05, 3.63) is 0 Å². The third-order valence-electron chi connectivity index (χ3n) is 2.27. The Hall–Kier alpha value is -0.590. The van der Waals surface area contributed by atoms with Gasteiger partial charge < -0.3 is 5.32 Å². The lowest BCUT2D eigenvalue weighted by Gasteiger charge is -2.37. The second kappa shape index (κ2) is 3.70. The first-order valence-corrected chi connectivity index (χ1v) is 4.09. The maximum atomic E-state index is 8.54. The molecule has 0 bridgehead atoms. The third kappa shape index (κ3) is 1.92. The summed E-state index contributed by atoms with van der Waals surface area (Å²) >= 11 is 0. The summed E-state index contributed by atoms with van der Waals surface area (Å²) in [6.45, 7) is 6.88. The van der Waals surface area contributed by atoms with Crippen LogP contribution < -0.4 is 5.32 Å². The summed E-state index contributed by atoms with van der Waals surface area (Å²) in [5.41, 5.74) is 0. The van der Waals surface area contributed by atoms with Crippen LogP contribution in [0.15, 0.2) is 0 Å². The molecule has 0 aromatic heterocycles. The Morgan fingerprint density at radius 2 is 2.00 bits per heavy atom. The van der Waals surface area contributed by atoms with E-state index in [-0.39, 0.29) is 0 Å². The number of piperazine rings is 1. The van der Waals surface area contributed by atoms with Gasteiger partial charge in [0.1, 0.15) is 0 Å². The van der Waals surface area contributed by atoms with Gasteiger partial charge in [-0.25, -0.2) is 0 Å². The van der Waals surface area contributed by atoms with Gasteiger partial charge in [0.25, 0.3) is 0 Å². The highest BCUT2D eigenvalue weighted by atomic mass is 15.2. The summed E-state index contributed by atoms with van der Waals surface area (Å²) in [5.74, 6) is 0. The summed E-state index contributed by atoms with van der Waals surface area (Å²) < 4.78 is 0. The summed E-state index contributed by atoms with van der Waals surface area (Å²) in [6, 6.07) is 3.19. The summed E-state index contributed by atoms with van der Waals surface area (Å²) in [7, 11) is 0. The van der Waals surface area contributed by atoms with Crippen LogP contribution in [0.3, 0.4) is 0 Å². The first kappa shape index (κ1) is 8.51. The lowest BCUT2D eigenvalue weighted by Crippen LogP contribution is -2.54. The second-order valence-corrected chi connectivity index (χ2v) is 3.19. The molecule has 1 N–H and O–H groups in total. The predicted molar refractivity (Wildman–Crippen MR) is 44.1 cm³/mol. The topological polar surface area (TPSA) is 39.1 Å². The molecule has 0 aromatic carbocycles. The van der Waals surface area contributed by atoms with Crippen LogP contribution in [0.4, 0.5) is 0 Å². The molecule has 0 unspecified atom stereocenters. The molecule has 3 nitrogen and oxygen atoms in total. The van der Waals surface area contributed by atoms with Crippen molar-refractivity contribution in [2.45, 2.75) is 25.9 Å². The van der Waals surface area contributed by atoms with Crippen molar-refractivity contribution >= 4 is 0 Å². The zero-order valence-electron chi connectivity index (χ0n) is 7.17. The summed E-state index contributed by atoms with van der Waals surface area (Å²) in [6.07, 6.45) is 0. The van der Waals surface area contributed by atoms with E-state index < -0.39 is 0 Å². The SMILES string of the molecule is C[C@@H]1CNC[C@@H](C)N1CC#N. The molecule has 1 saturated heterocycles. The fourth-order valence-corrected chi connectivity index (χ4v) is 1.56. The first-order valence-electron chi connectivity index (χ1n) is 4.09. The van der Waals surface area contributed by atoms with Crippen LogP contribution in [0, 0.1) is 11.3 Å². The van der Waals surface area contributed by atoms with Gasteiger partial charge in [0.2, 0.25) is 0 Å². The van der Waals surface area contributed by atoms with E-state index in [4.69, 9.17) is 5.26 Å². The number of hydrogen-bond donors (Lipinski definition) is 1. The minimum absolute atomic E-state index is 0.499. The van der Waals surface area contributed by atoms with Gasteiger partial charge >= 0.3 is 0 Å². The van der Waals surface area contributed by atoms with Crippen molar-refractivity contribution in [2.75, 3.05) is 19.6 Å². The van der Waals surface area contributed by atoms with Crippen LogP contribution in [0.2, 0.25) is 0 Å². The number of nitrogens with zero attached hydrogens (tertiary/aromatic N) is 2. The van der Waals surface area contributed by atoms with Crippen LogP contribution in [-0.2, 0) is 0 Å². The summed E-state index contributed by atoms with van der Waals surface area (Å²) in [4.78, 5) is 2.23. The average molecular weight is 153 g/mol. The van der Waals surface area contributed by atoms with Crippen molar-refractivity contribution < 1.29 is 0 Å².